The van der Waals surface area contributed by atoms with Crippen LogP contribution < -0.4 is 10.6 Å². The average molecular weight is 355 g/mol. The molecular formula is C15H25N5O5. The van der Waals surface area contributed by atoms with Gasteiger partial charge < -0.3 is 19.0 Å². The van der Waals surface area contributed by atoms with E-state index in [0.29, 0.717) is 33.4 Å². The molecule has 25 heavy (non-hydrogen) atoms. The highest BCUT2D eigenvalue weighted by Gasteiger charge is 2.50. The van der Waals surface area contributed by atoms with Crippen molar-refractivity contribution in [1.29, 1.82) is 0 Å². The van der Waals surface area contributed by atoms with Crippen LogP contribution in [0.15, 0.2) is 11.3 Å². The monoisotopic (exact) mass is 355 g/mol. The highest BCUT2D eigenvalue weighted by Crippen LogP contribution is 2.37. The fourth-order valence-electron chi connectivity index (χ4n) is 3.91. The van der Waals surface area contributed by atoms with Crippen molar-refractivity contribution in [2.24, 2.45) is 0 Å². The maximum atomic E-state index is 6.37. The van der Waals surface area contributed by atoms with E-state index in [1.807, 2.05) is 10.2 Å². The Kier molecular flexibility index (Phi) is 4.62. The first-order valence-corrected chi connectivity index (χ1v) is 8.98. The highest BCUT2D eigenvalue weighted by molar-refractivity contribution is 5.28. The van der Waals surface area contributed by atoms with Crippen LogP contribution in [0.4, 0.5) is 0 Å². The van der Waals surface area contributed by atoms with Gasteiger partial charge in [0.15, 0.2) is 11.9 Å². The lowest BCUT2D eigenvalue weighted by molar-refractivity contribution is -0.320. The van der Waals surface area contributed by atoms with E-state index in [0.717, 1.165) is 44.0 Å². The number of hydroxylamine groups is 3. The molecule has 2 N–H and O–H groups in total. The summed E-state index contributed by atoms with van der Waals surface area (Å²) in [5.74, 6) is 0.888. The Morgan fingerprint density at radius 3 is 2.76 bits per heavy atom. The summed E-state index contributed by atoms with van der Waals surface area (Å²) in [6.07, 6.45) is 0.824. The number of nitrogens with one attached hydrogen (secondary N) is 2. The predicted octanol–water partition coefficient (Wildman–Crippen LogP) is -1.45. The first kappa shape index (κ1) is 16.4. The van der Waals surface area contributed by atoms with Crippen LogP contribution >= 0.6 is 0 Å². The molecule has 4 fully saturated rings. The second kappa shape index (κ2) is 7.06. The lowest BCUT2D eigenvalue weighted by Gasteiger charge is -2.35. The van der Waals surface area contributed by atoms with E-state index >= 15 is 0 Å². The molecule has 140 valence electrons. The van der Waals surface area contributed by atoms with Gasteiger partial charge in [-0.3, -0.25) is 15.5 Å². The van der Waals surface area contributed by atoms with E-state index in [1.165, 1.54) is 0 Å². The van der Waals surface area contributed by atoms with E-state index in [1.54, 1.807) is 0 Å². The van der Waals surface area contributed by atoms with Crippen LogP contribution in [0, 0.1) is 0 Å². The van der Waals surface area contributed by atoms with Crippen LogP contribution in [-0.4, -0.2) is 93.2 Å². The normalized spacial score (nSPS) is 38.3. The Labute approximate surface area is 146 Å². The third-order valence-electron chi connectivity index (χ3n) is 5.13. The number of ether oxygens (including phenoxy) is 3. The summed E-state index contributed by atoms with van der Waals surface area (Å²) in [7, 11) is 0. The summed E-state index contributed by atoms with van der Waals surface area (Å²) in [4.78, 5) is 12.3. The van der Waals surface area contributed by atoms with Gasteiger partial charge in [-0.15, -0.1) is 0 Å². The molecule has 5 aliphatic heterocycles. The molecule has 3 atom stereocenters. The van der Waals surface area contributed by atoms with Gasteiger partial charge >= 0.3 is 0 Å². The fraction of sp³-hybridized carbons (Fsp3) is 0.867. The molecule has 10 heteroatoms. The largest absolute Gasteiger partial charge is 0.391 e. The first-order valence-electron chi connectivity index (χ1n) is 8.98. The molecule has 0 aromatic rings. The molecule has 0 aliphatic carbocycles. The molecule has 5 aliphatic rings. The molecule has 0 aromatic heterocycles. The van der Waals surface area contributed by atoms with Crippen LogP contribution in [0.3, 0.4) is 0 Å². The summed E-state index contributed by atoms with van der Waals surface area (Å²) in [6, 6.07) is 0.0258. The van der Waals surface area contributed by atoms with Crippen LogP contribution in [0.25, 0.3) is 0 Å². The van der Waals surface area contributed by atoms with Gasteiger partial charge in [0.1, 0.15) is 6.73 Å². The quantitative estimate of drug-likeness (QED) is 0.625. The fourth-order valence-corrected chi connectivity index (χ4v) is 3.91. The summed E-state index contributed by atoms with van der Waals surface area (Å²) in [5, 5.41) is 12.6. The van der Waals surface area contributed by atoms with Crippen molar-refractivity contribution in [2.75, 3.05) is 59.6 Å². The molecule has 4 saturated heterocycles. The van der Waals surface area contributed by atoms with Crippen molar-refractivity contribution in [3.05, 3.63) is 11.3 Å². The third-order valence-corrected chi connectivity index (χ3v) is 5.13. The highest BCUT2D eigenvalue weighted by atomic mass is 16.8. The minimum absolute atomic E-state index is 0.0258. The summed E-state index contributed by atoms with van der Waals surface area (Å²) in [5.41, 5.74) is 1.11. The van der Waals surface area contributed by atoms with Gasteiger partial charge in [0.05, 0.1) is 45.4 Å². The van der Waals surface area contributed by atoms with Gasteiger partial charge in [0.2, 0.25) is 0 Å². The molecule has 0 spiro atoms. The minimum Gasteiger partial charge on any atom is -0.391 e. The number of nitrogens with zero attached hydrogens (tertiary/aromatic N) is 3. The van der Waals surface area contributed by atoms with Crippen molar-refractivity contribution < 1.29 is 23.9 Å². The molecular weight excluding hydrogens is 330 g/mol. The Morgan fingerprint density at radius 1 is 1.08 bits per heavy atom. The SMILES string of the molecule is C1CON(C2C(C3CNCO3)=C(C3COCN3)ON2N2CCOC2)C1. The Balaban J connectivity index is 1.50. The predicted molar refractivity (Wildman–Crippen MR) is 84.0 cm³/mol. The lowest BCUT2D eigenvalue weighted by Crippen LogP contribution is -2.53. The van der Waals surface area contributed by atoms with Crippen LogP contribution in [0.2, 0.25) is 0 Å². The zero-order valence-electron chi connectivity index (χ0n) is 14.2. The van der Waals surface area contributed by atoms with Crippen LogP contribution in [-0.2, 0) is 23.9 Å². The molecule has 0 bridgehead atoms. The summed E-state index contributed by atoms with van der Waals surface area (Å²) >= 11 is 0. The van der Waals surface area contributed by atoms with Crippen LogP contribution in [0.1, 0.15) is 6.42 Å². The van der Waals surface area contributed by atoms with Gasteiger partial charge in [0.25, 0.3) is 0 Å². The topological polar surface area (TPSA) is 79.9 Å². The Bertz CT molecular complexity index is 510. The maximum absolute atomic E-state index is 6.37. The number of hydrogen-bond acceptors (Lipinski definition) is 10. The number of hydrogen-bond donors (Lipinski definition) is 2. The second-order valence-electron chi connectivity index (χ2n) is 6.71. The Morgan fingerprint density at radius 2 is 2.08 bits per heavy atom. The first-order chi connectivity index (χ1) is 12.4. The molecule has 0 aromatic carbocycles. The van der Waals surface area contributed by atoms with Gasteiger partial charge in [-0.05, 0) is 11.6 Å². The van der Waals surface area contributed by atoms with Gasteiger partial charge in [-0.25, -0.2) is 0 Å². The molecule has 0 radical (unpaired) electrons. The number of hydrazine groups is 1. The van der Waals surface area contributed by atoms with Crippen molar-refractivity contribution >= 4 is 0 Å². The number of rotatable bonds is 4. The van der Waals surface area contributed by atoms with Crippen LogP contribution in [0.5, 0.6) is 0 Å². The maximum Gasteiger partial charge on any atom is 0.165 e. The minimum atomic E-state index is -0.147. The molecule has 5 heterocycles. The standard InChI is InChI=1S/C15H25N5O5/c1-2-19(24-4-1)15-13(12-6-16-8-23-12)14(11-7-22-9-17-11)25-20(15)18-3-5-21-10-18/h11-12,15-17H,1-10H2. The Hall–Kier alpha value is -0.820. The molecule has 3 unspecified atom stereocenters. The van der Waals surface area contributed by atoms with Crippen molar-refractivity contribution in [3.63, 3.8) is 0 Å². The second-order valence-corrected chi connectivity index (χ2v) is 6.71. The summed E-state index contributed by atoms with van der Waals surface area (Å²) < 4.78 is 17.0. The van der Waals surface area contributed by atoms with Gasteiger partial charge in [-0.1, -0.05) is 0 Å². The van der Waals surface area contributed by atoms with E-state index in [9.17, 15) is 0 Å². The lowest BCUT2D eigenvalue weighted by atomic mass is 10.0. The van der Waals surface area contributed by atoms with E-state index < -0.39 is 0 Å². The molecule has 0 saturated carbocycles. The molecule has 5 rings (SSSR count). The van der Waals surface area contributed by atoms with Crippen molar-refractivity contribution in [3.8, 4) is 0 Å². The van der Waals surface area contributed by atoms with E-state index in [-0.39, 0.29) is 18.3 Å². The molecule has 0 amide bonds. The van der Waals surface area contributed by atoms with Crippen molar-refractivity contribution in [1.82, 2.24) is 25.9 Å². The van der Waals surface area contributed by atoms with E-state index in [4.69, 9.17) is 23.9 Å². The van der Waals surface area contributed by atoms with Gasteiger partial charge in [0, 0.05) is 25.2 Å². The third kappa shape index (κ3) is 2.97. The zero-order chi connectivity index (χ0) is 16.6. The molecule has 10 nitrogen and oxygen atoms in total. The van der Waals surface area contributed by atoms with Crippen molar-refractivity contribution in [2.45, 2.75) is 24.7 Å². The van der Waals surface area contributed by atoms with E-state index in [2.05, 4.69) is 15.6 Å². The summed E-state index contributed by atoms with van der Waals surface area (Å²) in [6.45, 7) is 6.06. The zero-order valence-corrected chi connectivity index (χ0v) is 14.2. The van der Waals surface area contributed by atoms with Gasteiger partial charge in [-0.2, -0.15) is 10.1 Å². The smallest absolute Gasteiger partial charge is 0.165 e. The average Bonchev–Trinajstić information content (AvgIpc) is 3.48.